The molecule has 0 aromatic heterocycles. The molecule has 6 nitrogen and oxygen atoms in total. The largest absolute Gasteiger partial charge is 0.481 e. The number of anilines is 1. The van der Waals surface area contributed by atoms with E-state index >= 15 is 0 Å². The van der Waals surface area contributed by atoms with Crippen LogP contribution in [0.3, 0.4) is 0 Å². The molecule has 0 heterocycles. The zero-order valence-corrected chi connectivity index (χ0v) is 12.5. The van der Waals surface area contributed by atoms with Gasteiger partial charge in [-0.2, -0.15) is 0 Å². The van der Waals surface area contributed by atoms with Crippen molar-refractivity contribution in [3.05, 3.63) is 29.8 Å². The first-order valence-corrected chi connectivity index (χ1v) is 7.23. The number of hydrogen-bond donors (Lipinski definition) is 2. The van der Waals surface area contributed by atoms with Gasteiger partial charge in [-0.3, -0.25) is 14.4 Å². The second kappa shape index (κ2) is 8.32. The highest BCUT2D eigenvalue weighted by atomic mass is 32.2. The molecule has 1 aromatic rings. The fourth-order valence-electron chi connectivity index (χ4n) is 1.47. The Morgan fingerprint density at radius 1 is 1.18 bits per heavy atom. The van der Waals surface area contributed by atoms with Crippen molar-refractivity contribution >= 4 is 35.2 Å². The van der Waals surface area contributed by atoms with Crippen LogP contribution in [-0.2, 0) is 14.4 Å². The second-order valence-electron chi connectivity index (χ2n) is 4.34. The number of carboxylic acids is 1. The number of thioether (sulfide) groups is 1. The maximum atomic E-state index is 13.0. The molecule has 0 aliphatic heterocycles. The van der Waals surface area contributed by atoms with E-state index in [1.165, 1.54) is 7.05 Å². The zero-order chi connectivity index (χ0) is 16.7. The highest BCUT2D eigenvalue weighted by Crippen LogP contribution is 2.12. The fraction of sp³-hybridized carbons (Fsp3) is 0.308. The molecule has 0 bridgehead atoms. The molecule has 9 heteroatoms. The van der Waals surface area contributed by atoms with Gasteiger partial charge in [-0.1, -0.05) is 0 Å². The minimum atomic E-state index is -1.04. The summed E-state index contributed by atoms with van der Waals surface area (Å²) < 4.78 is 25.9. The number of carbonyl (C=O) groups is 3. The van der Waals surface area contributed by atoms with Gasteiger partial charge < -0.3 is 15.3 Å². The quantitative estimate of drug-likeness (QED) is 0.783. The number of benzene rings is 1. The number of nitrogens with zero attached hydrogens (tertiary/aromatic N) is 1. The van der Waals surface area contributed by atoms with Gasteiger partial charge in [-0.25, -0.2) is 8.78 Å². The summed E-state index contributed by atoms with van der Waals surface area (Å²) in [5.41, 5.74) is -0.0522. The van der Waals surface area contributed by atoms with Gasteiger partial charge in [0.25, 0.3) is 0 Å². The van der Waals surface area contributed by atoms with E-state index in [-0.39, 0.29) is 23.7 Å². The Labute approximate surface area is 129 Å². The molecule has 0 aliphatic carbocycles. The maximum absolute atomic E-state index is 13.0. The van der Waals surface area contributed by atoms with Crippen LogP contribution >= 0.6 is 11.8 Å². The van der Waals surface area contributed by atoms with Crippen molar-refractivity contribution in [3.63, 3.8) is 0 Å². The summed E-state index contributed by atoms with van der Waals surface area (Å²) in [6.07, 6.45) is 0. The van der Waals surface area contributed by atoms with Crippen molar-refractivity contribution in [1.82, 2.24) is 4.90 Å². The van der Waals surface area contributed by atoms with Crippen LogP contribution in [-0.4, -0.2) is 52.9 Å². The molecule has 0 unspecified atom stereocenters. The lowest BCUT2D eigenvalue weighted by Crippen LogP contribution is -2.36. The number of aliphatic carboxylic acids is 1. The van der Waals surface area contributed by atoms with Crippen LogP contribution in [0.1, 0.15) is 0 Å². The number of rotatable bonds is 7. The van der Waals surface area contributed by atoms with Gasteiger partial charge in [-0.05, 0) is 12.1 Å². The SMILES string of the molecule is CN(CC(=O)Nc1cc(F)cc(F)c1)C(=O)CSCC(=O)O. The molecule has 0 spiro atoms. The summed E-state index contributed by atoms with van der Waals surface area (Å²) in [4.78, 5) is 34.7. The van der Waals surface area contributed by atoms with Gasteiger partial charge >= 0.3 is 5.97 Å². The van der Waals surface area contributed by atoms with Crippen molar-refractivity contribution < 1.29 is 28.3 Å². The molecular formula is C13H14F2N2O4S. The molecule has 0 radical (unpaired) electrons. The maximum Gasteiger partial charge on any atom is 0.313 e. The predicted molar refractivity (Wildman–Crippen MR) is 77.6 cm³/mol. The summed E-state index contributed by atoms with van der Waals surface area (Å²) in [7, 11) is 1.37. The fourth-order valence-corrected chi connectivity index (χ4v) is 2.14. The van der Waals surface area contributed by atoms with E-state index in [0.29, 0.717) is 6.07 Å². The van der Waals surface area contributed by atoms with E-state index in [9.17, 15) is 23.2 Å². The number of likely N-dealkylation sites (N-methyl/N-ethyl adjacent to an activating group) is 1. The first-order chi connectivity index (χ1) is 10.3. The average Bonchev–Trinajstić information content (AvgIpc) is 2.36. The van der Waals surface area contributed by atoms with Crippen LogP contribution in [0.4, 0.5) is 14.5 Å². The van der Waals surface area contributed by atoms with E-state index in [1.807, 2.05) is 0 Å². The number of amides is 2. The third-order valence-electron chi connectivity index (χ3n) is 2.40. The van der Waals surface area contributed by atoms with Crippen LogP contribution in [0.15, 0.2) is 18.2 Å². The third kappa shape index (κ3) is 6.53. The molecule has 0 fully saturated rings. The number of halogens is 2. The van der Waals surface area contributed by atoms with Crippen molar-refractivity contribution in [1.29, 1.82) is 0 Å². The Bertz CT molecular complexity index is 563. The van der Waals surface area contributed by atoms with Crippen LogP contribution in [0.5, 0.6) is 0 Å². The Kier molecular flexibility index (Phi) is 6.77. The summed E-state index contributed by atoms with van der Waals surface area (Å²) in [5.74, 6) is -4.03. The van der Waals surface area contributed by atoms with Crippen molar-refractivity contribution in [2.75, 3.05) is 30.4 Å². The highest BCUT2D eigenvalue weighted by Gasteiger charge is 2.14. The van der Waals surface area contributed by atoms with Crippen LogP contribution < -0.4 is 5.32 Å². The lowest BCUT2D eigenvalue weighted by Gasteiger charge is -2.16. The molecule has 0 saturated heterocycles. The summed E-state index contributed by atoms with van der Waals surface area (Å²) >= 11 is 0.911. The molecule has 0 atom stereocenters. The molecule has 120 valence electrons. The van der Waals surface area contributed by atoms with E-state index in [0.717, 1.165) is 28.8 Å². The Balaban J connectivity index is 2.46. The molecule has 2 amide bonds. The van der Waals surface area contributed by atoms with Crippen molar-refractivity contribution in [3.8, 4) is 0 Å². The minimum absolute atomic E-state index is 0.0522. The monoisotopic (exact) mass is 332 g/mol. The van der Waals surface area contributed by atoms with E-state index < -0.39 is 29.4 Å². The van der Waals surface area contributed by atoms with Gasteiger partial charge in [0.1, 0.15) is 11.6 Å². The van der Waals surface area contributed by atoms with Crippen LogP contribution in [0, 0.1) is 11.6 Å². The zero-order valence-electron chi connectivity index (χ0n) is 11.6. The van der Waals surface area contributed by atoms with Crippen molar-refractivity contribution in [2.24, 2.45) is 0 Å². The molecule has 2 N–H and O–H groups in total. The molecule has 1 rings (SSSR count). The third-order valence-corrected chi connectivity index (χ3v) is 3.31. The van der Waals surface area contributed by atoms with Crippen molar-refractivity contribution in [2.45, 2.75) is 0 Å². The first-order valence-electron chi connectivity index (χ1n) is 6.07. The topological polar surface area (TPSA) is 86.7 Å². The Morgan fingerprint density at radius 2 is 1.77 bits per heavy atom. The predicted octanol–water partition coefficient (Wildman–Crippen LogP) is 1.18. The minimum Gasteiger partial charge on any atom is -0.481 e. The number of carbonyl (C=O) groups excluding carboxylic acids is 2. The van der Waals surface area contributed by atoms with Crippen LogP contribution in [0.25, 0.3) is 0 Å². The highest BCUT2D eigenvalue weighted by molar-refractivity contribution is 8.00. The van der Waals surface area contributed by atoms with Gasteiger partial charge in [0.15, 0.2) is 0 Å². The van der Waals surface area contributed by atoms with E-state index in [2.05, 4.69) is 5.32 Å². The summed E-state index contributed by atoms with van der Waals surface area (Å²) in [6, 6.07) is 2.57. The van der Waals surface area contributed by atoms with Gasteiger partial charge in [0.05, 0.1) is 18.1 Å². The Morgan fingerprint density at radius 3 is 2.32 bits per heavy atom. The van der Waals surface area contributed by atoms with Gasteiger partial charge in [-0.15, -0.1) is 11.8 Å². The molecule has 0 saturated carbocycles. The summed E-state index contributed by atoms with van der Waals surface area (Å²) in [5, 5.41) is 10.7. The molecule has 1 aromatic carbocycles. The lowest BCUT2D eigenvalue weighted by atomic mass is 10.3. The smallest absolute Gasteiger partial charge is 0.313 e. The Hall–Kier alpha value is -2.16. The summed E-state index contributed by atoms with van der Waals surface area (Å²) in [6.45, 7) is -0.315. The van der Waals surface area contributed by atoms with E-state index in [4.69, 9.17) is 5.11 Å². The van der Waals surface area contributed by atoms with E-state index in [1.54, 1.807) is 0 Å². The molecule has 0 aliphatic rings. The molecule has 22 heavy (non-hydrogen) atoms. The standard InChI is InChI=1S/C13H14F2N2O4S/c1-17(12(19)6-22-7-13(20)21)5-11(18)16-10-3-8(14)2-9(15)4-10/h2-4H,5-7H2,1H3,(H,16,18)(H,20,21). The number of nitrogens with one attached hydrogen (secondary N) is 1. The van der Waals surface area contributed by atoms with Gasteiger partial charge in [0.2, 0.25) is 11.8 Å². The normalized spacial score (nSPS) is 10.1. The van der Waals surface area contributed by atoms with Crippen LogP contribution in [0.2, 0.25) is 0 Å². The lowest BCUT2D eigenvalue weighted by molar-refractivity contribution is -0.133. The number of carboxylic acid groups (broad SMARTS) is 1. The number of hydrogen-bond acceptors (Lipinski definition) is 4. The first kappa shape index (κ1) is 17.9. The average molecular weight is 332 g/mol. The van der Waals surface area contributed by atoms with Gasteiger partial charge in [0, 0.05) is 18.8 Å². The molecular weight excluding hydrogens is 318 g/mol. The second-order valence-corrected chi connectivity index (χ2v) is 5.33.